The van der Waals surface area contributed by atoms with Gasteiger partial charge in [-0.05, 0) is 64.4 Å². The number of rotatable bonds is 11. The van der Waals surface area contributed by atoms with Crippen LogP contribution in [0, 0.1) is 0 Å². The van der Waals surface area contributed by atoms with E-state index < -0.39 is 0 Å². The van der Waals surface area contributed by atoms with Crippen LogP contribution in [0.3, 0.4) is 0 Å². The molecule has 0 amide bonds. The van der Waals surface area contributed by atoms with Gasteiger partial charge in [-0.25, -0.2) is 0 Å². The second-order valence-electron chi connectivity index (χ2n) is 6.35. The maximum absolute atomic E-state index is 6.07. The Hall–Kier alpha value is -0.980. The Labute approximate surface area is 186 Å². The quantitative estimate of drug-likeness (QED) is 0.406. The highest BCUT2D eigenvalue weighted by molar-refractivity contribution is 9.10. The zero-order chi connectivity index (χ0) is 20.5. The van der Waals surface area contributed by atoms with E-state index in [1.807, 2.05) is 12.1 Å². The summed E-state index contributed by atoms with van der Waals surface area (Å²) in [5.41, 5.74) is 2.07. The molecule has 0 spiro atoms. The number of halogens is 3. The number of hydrogen-bond donors (Lipinski definition) is 1. The summed E-state index contributed by atoms with van der Waals surface area (Å²) in [6.45, 7) is 9.62. The molecule has 0 saturated heterocycles. The molecule has 0 bridgehead atoms. The van der Waals surface area contributed by atoms with Crippen LogP contribution >= 0.6 is 39.1 Å². The zero-order valence-electron chi connectivity index (χ0n) is 16.5. The minimum Gasteiger partial charge on any atom is -0.493 e. The Morgan fingerprint density at radius 3 is 2.43 bits per heavy atom. The van der Waals surface area contributed by atoms with Crippen molar-refractivity contribution in [1.82, 2.24) is 10.2 Å². The van der Waals surface area contributed by atoms with Crippen molar-refractivity contribution in [2.75, 3.05) is 33.3 Å². The highest BCUT2D eigenvalue weighted by Gasteiger charge is 2.12. The lowest BCUT2D eigenvalue weighted by molar-refractivity contribution is 0.282. The van der Waals surface area contributed by atoms with Crippen molar-refractivity contribution in [1.29, 1.82) is 0 Å². The van der Waals surface area contributed by atoms with Crippen LogP contribution in [0.5, 0.6) is 11.5 Å². The van der Waals surface area contributed by atoms with E-state index in [1.54, 1.807) is 19.2 Å². The smallest absolute Gasteiger partial charge is 0.175 e. The topological polar surface area (TPSA) is 33.7 Å². The van der Waals surface area contributed by atoms with Gasteiger partial charge in [0.15, 0.2) is 11.5 Å². The van der Waals surface area contributed by atoms with Crippen LogP contribution in [-0.4, -0.2) is 38.2 Å². The fourth-order valence-electron chi connectivity index (χ4n) is 2.81. The Bertz CT molecular complexity index is 770. The maximum atomic E-state index is 6.07. The molecule has 0 aliphatic rings. The van der Waals surface area contributed by atoms with Crippen LogP contribution < -0.4 is 14.8 Å². The SMILES string of the molecule is CCN(CC)CCNCc1cc(Br)c(OCc2ccc(Cl)c(Cl)c2)c(OC)c1. The van der Waals surface area contributed by atoms with E-state index in [2.05, 4.69) is 46.1 Å². The molecule has 4 nitrogen and oxygen atoms in total. The van der Waals surface area contributed by atoms with Gasteiger partial charge < -0.3 is 19.7 Å². The number of hydrogen-bond acceptors (Lipinski definition) is 4. The third-order valence-electron chi connectivity index (χ3n) is 4.48. The first-order chi connectivity index (χ1) is 13.5. The van der Waals surface area contributed by atoms with Gasteiger partial charge in [0, 0.05) is 19.6 Å². The third-order valence-corrected chi connectivity index (χ3v) is 5.81. The average molecular weight is 490 g/mol. The van der Waals surface area contributed by atoms with Crippen molar-refractivity contribution in [3.8, 4) is 11.5 Å². The van der Waals surface area contributed by atoms with Gasteiger partial charge in [-0.3, -0.25) is 0 Å². The fourth-order valence-corrected chi connectivity index (χ4v) is 3.73. The number of nitrogens with one attached hydrogen (secondary N) is 1. The average Bonchev–Trinajstić information content (AvgIpc) is 2.69. The maximum Gasteiger partial charge on any atom is 0.175 e. The number of benzene rings is 2. The molecule has 0 saturated carbocycles. The van der Waals surface area contributed by atoms with Crippen LogP contribution in [0.2, 0.25) is 10.0 Å². The molecule has 1 N–H and O–H groups in total. The van der Waals surface area contributed by atoms with Crippen molar-refractivity contribution < 1.29 is 9.47 Å². The molecule has 7 heteroatoms. The summed E-state index contributed by atoms with van der Waals surface area (Å²) in [5, 5.41) is 4.53. The second kappa shape index (κ2) is 11.9. The lowest BCUT2D eigenvalue weighted by Crippen LogP contribution is -2.31. The summed E-state index contributed by atoms with van der Waals surface area (Å²) in [4.78, 5) is 2.39. The molecule has 154 valence electrons. The van der Waals surface area contributed by atoms with E-state index in [9.17, 15) is 0 Å². The highest BCUT2D eigenvalue weighted by atomic mass is 79.9. The standard InChI is InChI=1S/C21H27BrCl2N2O2/c1-4-26(5-2)9-8-25-13-16-10-17(22)21(20(12-16)27-3)28-14-15-6-7-18(23)19(24)11-15/h6-7,10-12,25H,4-5,8-9,13-14H2,1-3H3. The number of methoxy groups -OCH3 is 1. The van der Waals surface area contributed by atoms with Gasteiger partial charge in [0.05, 0.1) is 21.6 Å². The van der Waals surface area contributed by atoms with E-state index >= 15 is 0 Å². The summed E-state index contributed by atoms with van der Waals surface area (Å²) in [6.07, 6.45) is 0. The van der Waals surface area contributed by atoms with Crippen molar-refractivity contribution in [3.05, 3.63) is 56.0 Å². The Balaban J connectivity index is 1.99. The minimum absolute atomic E-state index is 0.368. The number of nitrogens with zero attached hydrogens (tertiary/aromatic N) is 1. The zero-order valence-corrected chi connectivity index (χ0v) is 19.6. The van der Waals surface area contributed by atoms with E-state index in [4.69, 9.17) is 32.7 Å². The molecule has 0 aliphatic heterocycles. The molecule has 0 unspecified atom stereocenters. The molecule has 0 radical (unpaired) electrons. The predicted molar refractivity (Wildman–Crippen MR) is 121 cm³/mol. The predicted octanol–water partition coefficient (Wildman–Crippen LogP) is 5.77. The van der Waals surface area contributed by atoms with Crippen LogP contribution in [-0.2, 0) is 13.2 Å². The van der Waals surface area contributed by atoms with E-state index in [-0.39, 0.29) is 0 Å². The summed E-state index contributed by atoms with van der Waals surface area (Å²) in [6, 6.07) is 9.51. The van der Waals surface area contributed by atoms with Gasteiger partial charge in [-0.15, -0.1) is 0 Å². The minimum atomic E-state index is 0.368. The molecule has 0 aromatic heterocycles. The largest absolute Gasteiger partial charge is 0.493 e. The van der Waals surface area contributed by atoms with Crippen LogP contribution in [0.1, 0.15) is 25.0 Å². The molecular weight excluding hydrogens is 463 g/mol. The molecule has 2 aromatic rings. The summed E-state index contributed by atoms with van der Waals surface area (Å²) < 4.78 is 12.4. The fraction of sp³-hybridized carbons (Fsp3) is 0.429. The van der Waals surface area contributed by atoms with Gasteiger partial charge in [0.2, 0.25) is 0 Å². The van der Waals surface area contributed by atoms with Crippen molar-refractivity contribution >= 4 is 39.1 Å². The van der Waals surface area contributed by atoms with Gasteiger partial charge >= 0.3 is 0 Å². The van der Waals surface area contributed by atoms with Gasteiger partial charge in [0.25, 0.3) is 0 Å². The van der Waals surface area contributed by atoms with Gasteiger partial charge in [-0.2, -0.15) is 0 Å². The molecule has 2 aromatic carbocycles. The number of likely N-dealkylation sites (N-methyl/N-ethyl adjacent to an activating group) is 1. The molecule has 0 aliphatic carbocycles. The Morgan fingerprint density at radius 1 is 1.04 bits per heavy atom. The van der Waals surface area contributed by atoms with E-state index in [1.165, 1.54) is 0 Å². The van der Waals surface area contributed by atoms with Crippen LogP contribution in [0.15, 0.2) is 34.8 Å². The summed E-state index contributed by atoms with van der Waals surface area (Å²) in [7, 11) is 1.64. The molecule has 2 rings (SSSR count). The first-order valence-corrected chi connectivity index (χ1v) is 10.9. The lowest BCUT2D eigenvalue weighted by Gasteiger charge is -2.18. The van der Waals surface area contributed by atoms with Crippen LogP contribution in [0.4, 0.5) is 0 Å². The number of ether oxygens (including phenoxy) is 2. The summed E-state index contributed by atoms with van der Waals surface area (Å²) >= 11 is 15.6. The van der Waals surface area contributed by atoms with E-state index in [0.29, 0.717) is 28.2 Å². The van der Waals surface area contributed by atoms with Gasteiger partial charge in [-0.1, -0.05) is 43.1 Å². The molecule has 0 heterocycles. The first-order valence-electron chi connectivity index (χ1n) is 9.34. The summed E-state index contributed by atoms with van der Waals surface area (Å²) in [5.74, 6) is 1.36. The van der Waals surface area contributed by atoms with Crippen molar-refractivity contribution in [2.45, 2.75) is 27.0 Å². The highest BCUT2D eigenvalue weighted by Crippen LogP contribution is 2.37. The third kappa shape index (κ3) is 6.82. The Morgan fingerprint density at radius 2 is 1.79 bits per heavy atom. The van der Waals surface area contributed by atoms with Crippen LogP contribution in [0.25, 0.3) is 0 Å². The van der Waals surface area contributed by atoms with E-state index in [0.717, 1.165) is 48.3 Å². The molecule has 28 heavy (non-hydrogen) atoms. The van der Waals surface area contributed by atoms with Gasteiger partial charge in [0.1, 0.15) is 6.61 Å². The molecular formula is C21H27BrCl2N2O2. The first kappa shape index (κ1) is 23.3. The molecule has 0 atom stereocenters. The molecule has 0 fully saturated rings. The normalized spacial score (nSPS) is 11.1. The lowest BCUT2D eigenvalue weighted by atomic mass is 10.2. The second-order valence-corrected chi connectivity index (χ2v) is 8.02. The van der Waals surface area contributed by atoms with Crippen molar-refractivity contribution in [3.63, 3.8) is 0 Å². The monoisotopic (exact) mass is 488 g/mol. The van der Waals surface area contributed by atoms with Crippen molar-refractivity contribution in [2.24, 2.45) is 0 Å². The Kier molecular flexibility index (Phi) is 9.89.